The molecule has 0 aromatic carbocycles. The van der Waals surface area contributed by atoms with E-state index in [-0.39, 0.29) is 0 Å². The van der Waals surface area contributed by atoms with Crippen molar-refractivity contribution < 1.29 is 0 Å². The lowest BCUT2D eigenvalue weighted by molar-refractivity contribution is -0.233. The normalized spacial score (nSPS) is 91.2. The standard InChI is InChI=1S/C15H18/c1-10-8-2-12-4-9-5-14(6-12)11(1)15(10,12)7-13(9,14)3-8/h8-11H,1-7H2. The molecule has 0 amide bonds. The number of rotatable bonds is 0. The Kier molecular flexibility index (Phi) is 0.569. The van der Waals surface area contributed by atoms with Crippen LogP contribution in [-0.2, 0) is 0 Å². The molecule has 9 aliphatic rings. The maximum Gasteiger partial charge on any atom is -0.0170 e. The summed E-state index contributed by atoms with van der Waals surface area (Å²) >= 11 is 0. The van der Waals surface area contributed by atoms with Crippen molar-refractivity contribution in [1.29, 1.82) is 0 Å². The summed E-state index contributed by atoms with van der Waals surface area (Å²) in [6.45, 7) is 0. The Labute approximate surface area is 90.8 Å². The molecule has 6 bridgehead atoms. The van der Waals surface area contributed by atoms with Crippen LogP contribution in [0.3, 0.4) is 0 Å². The van der Waals surface area contributed by atoms with Gasteiger partial charge in [-0.15, -0.1) is 0 Å². The van der Waals surface area contributed by atoms with E-state index in [1.165, 1.54) is 23.7 Å². The molecule has 9 saturated carbocycles. The van der Waals surface area contributed by atoms with Crippen molar-refractivity contribution in [3.05, 3.63) is 0 Å². The van der Waals surface area contributed by atoms with Crippen molar-refractivity contribution in [2.24, 2.45) is 45.3 Å². The summed E-state index contributed by atoms with van der Waals surface area (Å²) in [6.07, 6.45) is 12.0. The Morgan fingerprint density at radius 1 is 0.867 bits per heavy atom. The second-order valence-electron chi connectivity index (χ2n) is 8.65. The first-order valence-corrected chi connectivity index (χ1v) is 7.27. The van der Waals surface area contributed by atoms with Crippen LogP contribution in [0.15, 0.2) is 0 Å². The molecule has 0 heteroatoms. The third kappa shape index (κ3) is 0.300. The first-order valence-electron chi connectivity index (χ1n) is 7.27. The third-order valence-electron chi connectivity index (χ3n) is 9.56. The zero-order chi connectivity index (χ0) is 9.26. The summed E-state index contributed by atoms with van der Waals surface area (Å²) in [5.74, 6) is 4.97. The molecule has 9 aliphatic carbocycles. The Bertz CT molecular complexity index is 461. The molecule has 0 aromatic heterocycles. The van der Waals surface area contributed by atoms with E-state index in [0.29, 0.717) is 0 Å². The van der Waals surface area contributed by atoms with Crippen molar-refractivity contribution in [1.82, 2.24) is 0 Å². The van der Waals surface area contributed by atoms with E-state index >= 15 is 0 Å². The van der Waals surface area contributed by atoms with Crippen LogP contribution in [-0.4, -0.2) is 0 Å². The minimum atomic E-state index is 0.951. The van der Waals surface area contributed by atoms with E-state index < -0.39 is 0 Å². The monoisotopic (exact) mass is 198 g/mol. The Morgan fingerprint density at radius 3 is 2.87 bits per heavy atom. The van der Waals surface area contributed by atoms with Gasteiger partial charge in [-0.25, -0.2) is 0 Å². The van der Waals surface area contributed by atoms with Crippen molar-refractivity contribution in [3.8, 4) is 0 Å². The van der Waals surface area contributed by atoms with Crippen LogP contribution in [0.1, 0.15) is 44.9 Å². The molecule has 15 heavy (non-hydrogen) atoms. The predicted molar refractivity (Wildman–Crippen MR) is 56.0 cm³/mol. The molecule has 0 nitrogen and oxygen atoms in total. The highest BCUT2D eigenvalue weighted by Crippen LogP contribution is 3.05. The van der Waals surface area contributed by atoms with Gasteiger partial charge in [0.15, 0.2) is 0 Å². The molecule has 0 N–H and O–H groups in total. The lowest BCUT2D eigenvalue weighted by Crippen LogP contribution is -2.64. The van der Waals surface area contributed by atoms with Crippen LogP contribution in [0.4, 0.5) is 0 Å². The van der Waals surface area contributed by atoms with Gasteiger partial charge in [-0.2, -0.15) is 0 Å². The molecule has 0 saturated heterocycles. The topological polar surface area (TPSA) is 0 Å². The summed E-state index contributed by atoms with van der Waals surface area (Å²) in [6, 6.07) is 0. The minimum Gasteiger partial charge on any atom is -0.0456 e. The van der Waals surface area contributed by atoms with Gasteiger partial charge in [-0.05, 0) is 90.3 Å². The van der Waals surface area contributed by atoms with Crippen LogP contribution < -0.4 is 0 Å². The van der Waals surface area contributed by atoms with Gasteiger partial charge in [0.2, 0.25) is 0 Å². The lowest BCUT2D eigenvalue weighted by atomic mass is 9.32. The van der Waals surface area contributed by atoms with Gasteiger partial charge in [0.05, 0.1) is 0 Å². The molecular weight excluding hydrogens is 180 g/mol. The van der Waals surface area contributed by atoms with Crippen LogP contribution in [0.25, 0.3) is 0 Å². The molecule has 0 radical (unpaired) electrons. The molecule has 9 fully saturated rings. The van der Waals surface area contributed by atoms with Gasteiger partial charge in [0.25, 0.3) is 0 Å². The van der Waals surface area contributed by atoms with E-state index in [1.807, 2.05) is 0 Å². The van der Waals surface area contributed by atoms with E-state index in [4.69, 9.17) is 0 Å². The Balaban J connectivity index is 1.78. The average molecular weight is 198 g/mol. The summed E-state index contributed by atoms with van der Waals surface area (Å²) in [5.41, 5.74) is 3.88. The van der Waals surface area contributed by atoms with E-state index in [9.17, 15) is 0 Å². The quantitative estimate of drug-likeness (QED) is 0.560. The maximum absolute atomic E-state index is 1.75. The van der Waals surface area contributed by atoms with Crippen LogP contribution in [0.2, 0.25) is 0 Å². The van der Waals surface area contributed by atoms with Gasteiger partial charge < -0.3 is 0 Å². The minimum absolute atomic E-state index is 0.951. The van der Waals surface area contributed by atoms with Crippen molar-refractivity contribution in [2.45, 2.75) is 44.9 Å². The van der Waals surface area contributed by atoms with Crippen LogP contribution in [0, 0.1) is 45.3 Å². The maximum atomic E-state index is 1.75. The molecule has 4 spiro atoms. The zero-order valence-electron chi connectivity index (χ0n) is 9.26. The van der Waals surface area contributed by atoms with Gasteiger partial charge in [-0.1, -0.05) is 0 Å². The Morgan fingerprint density at radius 2 is 1.87 bits per heavy atom. The van der Waals surface area contributed by atoms with E-state index in [1.54, 1.807) is 44.9 Å². The van der Waals surface area contributed by atoms with Crippen molar-refractivity contribution in [2.75, 3.05) is 0 Å². The molecule has 0 aliphatic heterocycles. The molecule has 8 atom stereocenters. The van der Waals surface area contributed by atoms with E-state index in [0.717, 1.165) is 21.7 Å². The SMILES string of the molecule is C1C2C3CC45CC6CC7(C4)C1C25CC67C3. The van der Waals surface area contributed by atoms with Crippen molar-refractivity contribution in [3.63, 3.8) is 0 Å². The molecular formula is C15H18. The molecule has 9 rings (SSSR count). The highest BCUT2D eigenvalue weighted by Gasteiger charge is 2.98. The molecule has 8 unspecified atom stereocenters. The predicted octanol–water partition coefficient (Wildman–Crippen LogP) is 3.22. The fourth-order valence-corrected chi connectivity index (χ4v) is 10.0. The third-order valence-corrected chi connectivity index (χ3v) is 9.56. The Hall–Kier alpha value is 0. The average Bonchev–Trinajstić information content (AvgIpc) is 2.41. The second kappa shape index (κ2) is 1.28. The molecule has 0 aromatic rings. The number of hydrogen-bond donors (Lipinski definition) is 0. The summed E-state index contributed by atoms with van der Waals surface area (Å²) < 4.78 is 0. The van der Waals surface area contributed by atoms with Gasteiger partial charge in [-0.3, -0.25) is 0 Å². The summed E-state index contributed by atoms with van der Waals surface area (Å²) in [4.78, 5) is 0. The molecule has 0 heterocycles. The molecule has 78 valence electrons. The fraction of sp³-hybridized carbons (Fsp3) is 1.00. The first kappa shape index (κ1) is 6.67. The smallest absolute Gasteiger partial charge is 0.0170 e. The first-order chi connectivity index (χ1) is 7.27. The highest BCUT2D eigenvalue weighted by molar-refractivity contribution is 5.46. The van der Waals surface area contributed by atoms with E-state index in [2.05, 4.69) is 0 Å². The van der Waals surface area contributed by atoms with Gasteiger partial charge >= 0.3 is 0 Å². The van der Waals surface area contributed by atoms with Crippen LogP contribution in [0.5, 0.6) is 0 Å². The summed E-state index contributed by atoms with van der Waals surface area (Å²) in [7, 11) is 0. The van der Waals surface area contributed by atoms with Crippen LogP contribution >= 0.6 is 0 Å². The van der Waals surface area contributed by atoms with Gasteiger partial charge in [0.1, 0.15) is 0 Å². The zero-order valence-corrected chi connectivity index (χ0v) is 9.26. The van der Waals surface area contributed by atoms with Gasteiger partial charge in [0, 0.05) is 0 Å². The largest absolute Gasteiger partial charge is 0.0456 e. The summed E-state index contributed by atoms with van der Waals surface area (Å²) in [5, 5.41) is 0. The fourth-order valence-electron chi connectivity index (χ4n) is 10.0. The number of hydrogen-bond acceptors (Lipinski definition) is 0. The second-order valence-corrected chi connectivity index (χ2v) is 8.65. The lowest BCUT2D eigenvalue weighted by Gasteiger charge is -2.72. The van der Waals surface area contributed by atoms with Crippen molar-refractivity contribution >= 4 is 0 Å². The highest BCUT2D eigenvalue weighted by atomic mass is 15.0.